The zero-order valence-corrected chi connectivity index (χ0v) is 26.0. The Morgan fingerprint density at radius 2 is 1.84 bits per heavy atom. The summed E-state index contributed by atoms with van der Waals surface area (Å²) in [7, 11) is 1.26. The zero-order chi connectivity index (χ0) is 32.5. The minimum absolute atomic E-state index is 0.0547. The summed E-state index contributed by atoms with van der Waals surface area (Å²) in [5.74, 6) is -0.141. The molecule has 2 atom stereocenters. The lowest BCUT2D eigenvalue weighted by Crippen LogP contribution is -2.45. The van der Waals surface area contributed by atoms with Crippen molar-refractivity contribution < 1.29 is 38.0 Å². The highest BCUT2D eigenvalue weighted by molar-refractivity contribution is 6.37. The number of rotatable bonds is 13. The van der Waals surface area contributed by atoms with E-state index >= 15 is 0 Å². The van der Waals surface area contributed by atoms with E-state index in [-0.39, 0.29) is 34.6 Å². The Bertz CT molecular complexity index is 1600. The highest BCUT2D eigenvalue weighted by atomic mass is 35.5. The highest BCUT2D eigenvalue weighted by Crippen LogP contribution is 2.36. The number of hydrogen-bond acceptors (Lipinski definition) is 9. The van der Waals surface area contributed by atoms with E-state index < -0.39 is 30.1 Å². The number of nitrogens with one attached hydrogen (secondary N) is 3. The molecule has 0 aliphatic carbocycles. The molecule has 1 heterocycles. The Morgan fingerprint density at radius 1 is 1.11 bits per heavy atom. The lowest BCUT2D eigenvalue weighted by Gasteiger charge is -2.28. The number of hydrogen-bond donors (Lipinski definition) is 4. The molecule has 4 rings (SSSR count). The van der Waals surface area contributed by atoms with Crippen LogP contribution in [0.15, 0.2) is 71.0 Å². The Labute approximate surface area is 268 Å². The van der Waals surface area contributed by atoms with Gasteiger partial charge in [0.2, 0.25) is 0 Å². The van der Waals surface area contributed by atoms with Crippen LogP contribution < -0.4 is 30.3 Å². The largest absolute Gasteiger partial charge is 0.490 e. The Balaban J connectivity index is 1.37. The molecule has 0 saturated carbocycles. The van der Waals surface area contributed by atoms with Crippen LogP contribution in [0.4, 0.5) is 9.18 Å². The molecule has 2 amide bonds. The first kappa shape index (κ1) is 33.4. The van der Waals surface area contributed by atoms with Crippen molar-refractivity contribution in [1.29, 1.82) is 0 Å². The molecule has 45 heavy (non-hydrogen) atoms. The number of amides is 2. The summed E-state index contributed by atoms with van der Waals surface area (Å²) in [6.07, 6.45) is 0.175. The van der Waals surface area contributed by atoms with Gasteiger partial charge in [0.25, 0.3) is 0 Å². The number of methoxy groups -OCH3 is 1. The summed E-state index contributed by atoms with van der Waals surface area (Å²) in [5.41, 5.74) is 4.59. The molecule has 0 unspecified atom stereocenters. The molecule has 4 N–H and O–H groups in total. The maximum absolute atomic E-state index is 13.9. The van der Waals surface area contributed by atoms with E-state index in [0.29, 0.717) is 40.5 Å². The molecule has 14 heteroatoms. The summed E-state index contributed by atoms with van der Waals surface area (Å²) >= 11 is 12.7. The molecule has 3 aromatic rings. The highest BCUT2D eigenvalue weighted by Gasteiger charge is 2.32. The number of benzene rings is 3. The van der Waals surface area contributed by atoms with Crippen molar-refractivity contribution in [3.63, 3.8) is 0 Å². The number of halogens is 3. The first-order valence-electron chi connectivity index (χ1n) is 13.7. The number of nitrogens with zero attached hydrogens (tertiary/aromatic N) is 1. The van der Waals surface area contributed by atoms with Gasteiger partial charge in [-0.15, -0.1) is 0 Å². The molecule has 0 spiro atoms. The Kier molecular flexibility index (Phi) is 11.5. The molecule has 0 aromatic heterocycles. The number of hydrazone groups is 1. The molecule has 3 aromatic carbocycles. The molecule has 0 saturated heterocycles. The van der Waals surface area contributed by atoms with Crippen molar-refractivity contribution in [1.82, 2.24) is 16.1 Å². The maximum Gasteiger partial charge on any atom is 0.337 e. The van der Waals surface area contributed by atoms with Gasteiger partial charge in [0, 0.05) is 11.3 Å². The molecular weight excluding hydrogens is 630 g/mol. The van der Waals surface area contributed by atoms with Gasteiger partial charge in [-0.1, -0.05) is 47.5 Å². The van der Waals surface area contributed by atoms with Crippen molar-refractivity contribution in [3.8, 4) is 17.2 Å². The van der Waals surface area contributed by atoms with Crippen LogP contribution >= 0.6 is 23.2 Å². The summed E-state index contributed by atoms with van der Waals surface area (Å²) < 4.78 is 35.9. The second-order valence-electron chi connectivity index (χ2n) is 9.61. The second-order valence-corrected chi connectivity index (χ2v) is 10.4. The number of urea groups is 1. The number of esters is 1. The zero-order valence-electron chi connectivity index (χ0n) is 24.5. The third-order valence-electron chi connectivity index (χ3n) is 6.46. The fourth-order valence-electron chi connectivity index (χ4n) is 4.38. The number of ether oxygens (including phenoxy) is 4. The topological polar surface area (TPSA) is 140 Å². The van der Waals surface area contributed by atoms with Crippen LogP contribution in [0.2, 0.25) is 10.0 Å². The van der Waals surface area contributed by atoms with E-state index in [1.165, 1.54) is 19.4 Å². The predicted molar refractivity (Wildman–Crippen MR) is 166 cm³/mol. The average Bonchev–Trinajstić information content (AvgIpc) is 3.00. The first-order valence-corrected chi connectivity index (χ1v) is 14.4. The Hall–Kier alpha value is -4.52. The fraction of sp³-hybridized carbons (Fsp3) is 0.258. The van der Waals surface area contributed by atoms with Gasteiger partial charge in [0.05, 0.1) is 41.6 Å². The first-order chi connectivity index (χ1) is 21.6. The van der Waals surface area contributed by atoms with Crippen LogP contribution in [-0.2, 0) is 16.1 Å². The molecule has 1 aliphatic heterocycles. The van der Waals surface area contributed by atoms with E-state index in [0.717, 1.165) is 0 Å². The van der Waals surface area contributed by atoms with E-state index in [2.05, 4.69) is 21.2 Å². The molecular formula is C31H31Cl2FN4O7. The quantitative estimate of drug-likeness (QED) is 0.0846. The standard InChI is InChI=1S/C31H31Cl2FN4O7/c1-4-43-25-13-19(28-27(30(40)42-3)17(2)36-31(41)37-28)9-10-24(25)44-16-26(39)38-35-14-18-11-21(32)29(22(33)12-18)45-15-20-7-5-6-8-23(20)34/h5-14,26,28,38-39H,4,15-16H2,1-3H3,(H2,36,37,41)/b35-14-/t26-,28+/m0/s1. The second kappa shape index (κ2) is 15.5. The lowest BCUT2D eigenvalue weighted by molar-refractivity contribution is -0.136. The van der Waals surface area contributed by atoms with Gasteiger partial charge < -0.3 is 34.7 Å². The summed E-state index contributed by atoms with van der Waals surface area (Å²) in [5, 5.41) is 20.1. The van der Waals surface area contributed by atoms with Crippen molar-refractivity contribution in [2.24, 2.45) is 5.10 Å². The number of allylic oxidation sites excluding steroid dienone is 1. The normalized spacial score (nSPS) is 15.3. The minimum Gasteiger partial charge on any atom is -0.490 e. The number of aliphatic hydroxyl groups is 1. The van der Waals surface area contributed by atoms with Crippen LogP contribution in [-0.4, -0.2) is 49.9 Å². The maximum atomic E-state index is 13.9. The molecule has 11 nitrogen and oxygen atoms in total. The SMILES string of the molecule is CCOc1cc([C@H]2NC(=O)NC(C)=C2C(=O)OC)ccc1OC[C@H](O)N/N=C\c1cc(Cl)c(OCc2ccccc2F)c(Cl)c1. The van der Waals surface area contributed by atoms with E-state index in [9.17, 15) is 19.1 Å². The van der Waals surface area contributed by atoms with Gasteiger partial charge >= 0.3 is 12.0 Å². The summed E-state index contributed by atoms with van der Waals surface area (Å²) in [6, 6.07) is 13.0. The van der Waals surface area contributed by atoms with Gasteiger partial charge in [0.15, 0.2) is 23.5 Å². The van der Waals surface area contributed by atoms with Gasteiger partial charge in [-0.3, -0.25) is 5.43 Å². The van der Waals surface area contributed by atoms with Gasteiger partial charge in [-0.05, 0) is 55.3 Å². The monoisotopic (exact) mass is 660 g/mol. The lowest BCUT2D eigenvalue weighted by atomic mass is 9.95. The summed E-state index contributed by atoms with van der Waals surface area (Å²) in [4.78, 5) is 24.6. The van der Waals surface area contributed by atoms with Gasteiger partial charge in [-0.25, -0.2) is 14.0 Å². The minimum atomic E-state index is -1.22. The average molecular weight is 662 g/mol. The van der Waals surface area contributed by atoms with Crippen LogP contribution in [0, 0.1) is 5.82 Å². The molecule has 238 valence electrons. The third kappa shape index (κ3) is 8.56. The number of aliphatic hydroxyl groups excluding tert-OH is 1. The molecule has 0 fully saturated rings. The fourth-order valence-corrected chi connectivity index (χ4v) is 4.99. The third-order valence-corrected chi connectivity index (χ3v) is 7.02. The number of carbonyl (C=O) groups excluding carboxylic acids is 2. The Morgan fingerprint density at radius 3 is 2.53 bits per heavy atom. The molecule has 0 bridgehead atoms. The van der Waals surface area contributed by atoms with Crippen LogP contribution in [0.3, 0.4) is 0 Å². The smallest absolute Gasteiger partial charge is 0.337 e. The van der Waals surface area contributed by atoms with Crippen LogP contribution in [0.1, 0.15) is 36.6 Å². The van der Waals surface area contributed by atoms with Crippen molar-refractivity contribution >= 4 is 41.4 Å². The van der Waals surface area contributed by atoms with E-state index in [1.54, 1.807) is 62.4 Å². The number of carbonyl (C=O) groups is 2. The van der Waals surface area contributed by atoms with Crippen LogP contribution in [0.25, 0.3) is 0 Å². The van der Waals surface area contributed by atoms with Gasteiger partial charge in [0.1, 0.15) is 19.0 Å². The molecule has 0 radical (unpaired) electrons. The van der Waals surface area contributed by atoms with Crippen molar-refractivity contribution in [2.75, 3.05) is 20.3 Å². The van der Waals surface area contributed by atoms with Crippen molar-refractivity contribution in [3.05, 3.63) is 98.4 Å². The van der Waals surface area contributed by atoms with Crippen molar-refractivity contribution in [2.45, 2.75) is 32.7 Å². The molecule has 1 aliphatic rings. The van der Waals surface area contributed by atoms with E-state index in [1.807, 2.05) is 0 Å². The summed E-state index contributed by atoms with van der Waals surface area (Å²) in [6.45, 7) is 3.44. The van der Waals surface area contributed by atoms with Crippen LogP contribution in [0.5, 0.6) is 17.2 Å². The predicted octanol–water partition coefficient (Wildman–Crippen LogP) is 5.23. The van der Waals surface area contributed by atoms with E-state index in [4.69, 9.17) is 42.1 Å². The van der Waals surface area contributed by atoms with Gasteiger partial charge in [-0.2, -0.15) is 5.10 Å².